The largest absolute Gasteiger partial charge is 0.507 e. The second kappa shape index (κ2) is 5.88. The highest BCUT2D eigenvalue weighted by Gasteiger charge is 2.17. The van der Waals surface area contributed by atoms with Gasteiger partial charge in [0.2, 0.25) is 5.95 Å². The summed E-state index contributed by atoms with van der Waals surface area (Å²) in [5.41, 5.74) is 0.903. The summed E-state index contributed by atoms with van der Waals surface area (Å²) in [7, 11) is 0. The van der Waals surface area contributed by atoms with Crippen LogP contribution in [0, 0.1) is 5.95 Å². The van der Waals surface area contributed by atoms with E-state index in [1.807, 2.05) is 0 Å². The second-order valence-corrected chi connectivity index (χ2v) is 4.95. The lowest BCUT2D eigenvalue weighted by Gasteiger charge is -2.10. The van der Waals surface area contributed by atoms with Crippen LogP contribution in [0.5, 0.6) is 11.5 Å². The van der Waals surface area contributed by atoms with Crippen molar-refractivity contribution in [3.63, 3.8) is 0 Å². The number of carbonyl (C=O) groups excluding carboxylic acids is 1. The Kier molecular flexibility index (Phi) is 3.76. The van der Waals surface area contributed by atoms with E-state index in [2.05, 4.69) is 4.98 Å². The van der Waals surface area contributed by atoms with Crippen molar-refractivity contribution in [3.05, 3.63) is 77.9 Å². The number of carbonyl (C=O) groups is 1. The maximum Gasteiger partial charge on any atom is 0.213 e. The van der Waals surface area contributed by atoms with Crippen molar-refractivity contribution >= 4 is 5.78 Å². The molecule has 0 saturated carbocycles. The fourth-order valence-corrected chi connectivity index (χ4v) is 2.35. The van der Waals surface area contributed by atoms with Gasteiger partial charge in [-0.1, -0.05) is 30.3 Å². The highest BCUT2D eigenvalue weighted by Crippen LogP contribution is 2.38. The molecule has 2 N–H and O–H groups in total. The van der Waals surface area contributed by atoms with Gasteiger partial charge in [-0.3, -0.25) is 4.79 Å². The third-order valence-corrected chi connectivity index (χ3v) is 3.41. The standard InChI is InChI=1S/C18H12FNO3/c19-16-10-12(6-7-20-16)17-14(21)8-13(9-15(17)22)18(23)11-4-2-1-3-5-11/h1-10,21-22H. The fourth-order valence-electron chi connectivity index (χ4n) is 2.35. The first-order valence-corrected chi connectivity index (χ1v) is 6.84. The number of aromatic nitrogens is 1. The van der Waals surface area contributed by atoms with E-state index < -0.39 is 5.95 Å². The van der Waals surface area contributed by atoms with Gasteiger partial charge in [0.05, 0.1) is 5.56 Å². The summed E-state index contributed by atoms with van der Waals surface area (Å²) in [6.45, 7) is 0. The zero-order valence-corrected chi connectivity index (χ0v) is 11.9. The molecule has 0 radical (unpaired) electrons. The zero-order chi connectivity index (χ0) is 16.4. The van der Waals surface area contributed by atoms with Crippen molar-refractivity contribution in [2.24, 2.45) is 0 Å². The number of nitrogens with zero attached hydrogens (tertiary/aromatic N) is 1. The maximum absolute atomic E-state index is 13.2. The van der Waals surface area contributed by atoms with Crippen LogP contribution in [0.4, 0.5) is 4.39 Å². The molecule has 1 heterocycles. The molecule has 0 bridgehead atoms. The molecule has 0 aliphatic rings. The smallest absolute Gasteiger partial charge is 0.213 e. The van der Waals surface area contributed by atoms with Crippen LogP contribution in [0.3, 0.4) is 0 Å². The van der Waals surface area contributed by atoms with Crippen LogP contribution in [0.1, 0.15) is 15.9 Å². The van der Waals surface area contributed by atoms with Gasteiger partial charge in [0, 0.05) is 23.4 Å². The highest BCUT2D eigenvalue weighted by atomic mass is 19.1. The van der Waals surface area contributed by atoms with Crippen molar-refractivity contribution in [2.75, 3.05) is 0 Å². The summed E-state index contributed by atoms with van der Waals surface area (Å²) < 4.78 is 13.2. The second-order valence-electron chi connectivity index (χ2n) is 4.95. The van der Waals surface area contributed by atoms with Gasteiger partial charge in [-0.05, 0) is 23.8 Å². The molecule has 0 fully saturated rings. The Morgan fingerprint density at radius 3 is 2.17 bits per heavy atom. The SMILES string of the molecule is O=C(c1ccccc1)c1cc(O)c(-c2ccnc(F)c2)c(O)c1. The number of hydrogen-bond donors (Lipinski definition) is 2. The number of phenols is 2. The van der Waals surface area contributed by atoms with Crippen LogP contribution in [0.25, 0.3) is 11.1 Å². The minimum Gasteiger partial charge on any atom is -0.507 e. The lowest BCUT2D eigenvalue weighted by Crippen LogP contribution is -2.01. The molecule has 0 atom stereocenters. The normalized spacial score (nSPS) is 10.5. The van der Waals surface area contributed by atoms with Gasteiger partial charge in [-0.15, -0.1) is 0 Å². The third-order valence-electron chi connectivity index (χ3n) is 3.41. The first-order valence-electron chi connectivity index (χ1n) is 6.84. The summed E-state index contributed by atoms with van der Waals surface area (Å²) in [5, 5.41) is 20.3. The molecule has 23 heavy (non-hydrogen) atoms. The Morgan fingerprint density at radius 1 is 0.913 bits per heavy atom. The number of benzene rings is 2. The number of rotatable bonds is 3. The highest BCUT2D eigenvalue weighted by molar-refractivity contribution is 6.10. The van der Waals surface area contributed by atoms with Crippen LogP contribution in [0.15, 0.2) is 60.8 Å². The van der Waals surface area contributed by atoms with E-state index in [1.165, 1.54) is 24.4 Å². The molecular weight excluding hydrogens is 297 g/mol. The monoisotopic (exact) mass is 309 g/mol. The molecule has 114 valence electrons. The van der Waals surface area contributed by atoms with Crippen LogP contribution < -0.4 is 0 Å². The number of aromatic hydroxyl groups is 2. The maximum atomic E-state index is 13.2. The van der Waals surface area contributed by atoms with Crippen LogP contribution in [0.2, 0.25) is 0 Å². The fraction of sp³-hybridized carbons (Fsp3) is 0. The molecule has 0 aliphatic carbocycles. The van der Waals surface area contributed by atoms with Crippen molar-refractivity contribution in [3.8, 4) is 22.6 Å². The Balaban J connectivity index is 2.06. The van der Waals surface area contributed by atoms with Gasteiger partial charge < -0.3 is 10.2 Å². The summed E-state index contributed by atoms with van der Waals surface area (Å²) in [4.78, 5) is 15.8. The molecule has 3 rings (SSSR count). The minimum absolute atomic E-state index is 0.0518. The Morgan fingerprint density at radius 2 is 1.57 bits per heavy atom. The van der Waals surface area contributed by atoms with E-state index in [0.29, 0.717) is 5.56 Å². The number of ketones is 1. The van der Waals surface area contributed by atoms with Gasteiger partial charge in [-0.25, -0.2) is 4.98 Å². The molecule has 4 nitrogen and oxygen atoms in total. The minimum atomic E-state index is -0.731. The van der Waals surface area contributed by atoms with Crippen molar-refractivity contribution < 1.29 is 19.4 Å². The molecule has 5 heteroatoms. The van der Waals surface area contributed by atoms with Crippen LogP contribution >= 0.6 is 0 Å². The van der Waals surface area contributed by atoms with Crippen molar-refractivity contribution in [1.82, 2.24) is 4.98 Å². The molecule has 0 amide bonds. The van der Waals surface area contributed by atoms with Gasteiger partial charge in [0.25, 0.3) is 0 Å². The average Bonchev–Trinajstić information content (AvgIpc) is 2.54. The van der Waals surface area contributed by atoms with Crippen LogP contribution in [-0.2, 0) is 0 Å². The van der Waals surface area contributed by atoms with Crippen molar-refractivity contribution in [2.45, 2.75) is 0 Å². The molecule has 0 saturated heterocycles. The van der Waals surface area contributed by atoms with Gasteiger partial charge in [-0.2, -0.15) is 4.39 Å². The Bertz CT molecular complexity index is 855. The number of hydrogen-bond acceptors (Lipinski definition) is 4. The molecular formula is C18H12FNO3. The summed E-state index contributed by atoms with van der Waals surface area (Å²) in [5.74, 6) is -1.68. The van der Waals surface area contributed by atoms with Gasteiger partial charge in [0.15, 0.2) is 5.78 Å². The van der Waals surface area contributed by atoms with Gasteiger partial charge in [0.1, 0.15) is 11.5 Å². The first kappa shape index (κ1) is 14.7. The predicted octanol–water partition coefficient (Wildman–Crippen LogP) is 3.53. The Labute approximate surface area is 131 Å². The molecule has 3 aromatic rings. The molecule has 0 unspecified atom stereocenters. The molecule has 2 aromatic carbocycles. The van der Waals surface area contributed by atoms with Crippen molar-refractivity contribution in [1.29, 1.82) is 0 Å². The predicted molar refractivity (Wildman–Crippen MR) is 82.8 cm³/mol. The third kappa shape index (κ3) is 2.89. The van der Waals surface area contributed by atoms with Gasteiger partial charge >= 0.3 is 0 Å². The molecule has 0 aliphatic heterocycles. The van der Waals surface area contributed by atoms with E-state index in [1.54, 1.807) is 30.3 Å². The number of pyridine rings is 1. The summed E-state index contributed by atoms with van der Waals surface area (Å²) in [6.07, 6.45) is 1.23. The topological polar surface area (TPSA) is 70.4 Å². The lowest BCUT2D eigenvalue weighted by atomic mass is 9.98. The van der Waals surface area contributed by atoms with E-state index in [4.69, 9.17) is 0 Å². The van der Waals surface area contributed by atoms with E-state index >= 15 is 0 Å². The molecule has 0 spiro atoms. The number of halogens is 1. The molecule has 1 aromatic heterocycles. The first-order chi connectivity index (χ1) is 11.1. The van der Waals surface area contributed by atoms with Crippen LogP contribution in [-0.4, -0.2) is 21.0 Å². The summed E-state index contributed by atoms with van der Waals surface area (Å²) >= 11 is 0. The average molecular weight is 309 g/mol. The van der Waals surface area contributed by atoms with E-state index in [-0.39, 0.29) is 34.0 Å². The zero-order valence-electron chi connectivity index (χ0n) is 11.9. The van der Waals surface area contributed by atoms with E-state index in [9.17, 15) is 19.4 Å². The lowest BCUT2D eigenvalue weighted by molar-refractivity contribution is 0.103. The number of phenolic OH excluding ortho intramolecular Hbond substituents is 2. The Hall–Kier alpha value is -3.21. The summed E-state index contributed by atoms with van der Waals surface area (Å²) in [6, 6.07) is 13.6. The van der Waals surface area contributed by atoms with E-state index in [0.717, 1.165) is 6.07 Å². The quantitative estimate of drug-likeness (QED) is 0.573.